The molecule has 1 saturated heterocycles. The molecule has 1 aromatic rings. The molecule has 5 nitrogen and oxygen atoms in total. The minimum atomic E-state index is -0.321. The molecule has 1 heterocycles. The molecule has 0 aliphatic carbocycles. The van der Waals surface area contributed by atoms with Crippen molar-refractivity contribution >= 4 is 27.7 Å². The molecule has 1 aliphatic rings. The van der Waals surface area contributed by atoms with Crippen molar-refractivity contribution in [2.24, 2.45) is 5.92 Å². The van der Waals surface area contributed by atoms with Crippen LogP contribution in [-0.4, -0.2) is 31.4 Å². The van der Waals surface area contributed by atoms with Crippen molar-refractivity contribution < 1.29 is 14.5 Å². The number of quaternary nitrogens is 1. The first-order valence-corrected chi connectivity index (χ1v) is 8.03. The van der Waals surface area contributed by atoms with Crippen molar-refractivity contribution in [1.82, 2.24) is 10.9 Å². The molecule has 114 valence electrons. The van der Waals surface area contributed by atoms with E-state index in [2.05, 4.69) is 33.7 Å². The lowest BCUT2D eigenvalue weighted by Crippen LogP contribution is -3.14. The molecule has 6 heteroatoms. The number of piperidine rings is 1. The molecule has 3 N–H and O–H groups in total. The Morgan fingerprint density at radius 3 is 2.81 bits per heavy atom. The van der Waals surface area contributed by atoms with Gasteiger partial charge >= 0.3 is 0 Å². The summed E-state index contributed by atoms with van der Waals surface area (Å²) in [4.78, 5) is 25.1. The highest BCUT2D eigenvalue weighted by Gasteiger charge is 2.22. The van der Waals surface area contributed by atoms with E-state index >= 15 is 0 Å². The number of amides is 2. The summed E-state index contributed by atoms with van der Waals surface area (Å²) in [5, 5.41) is 0. The summed E-state index contributed by atoms with van der Waals surface area (Å²) in [6.45, 7) is 4.66. The van der Waals surface area contributed by atoms with Crippen LogP contribution >= 0.6 is 15.9 Å². The van der Waals surface area contributed by atoms with Gasteiger partial charge in [0, 0.05) is 10.4 Å². The quantitative estimate of drug-likeness (QED) is 0.693. The molecule has 0 saturated carbocycles. The molecule has 0 bridgehead atoms. The minimum Gasteiger partial charge on any atom is -0.327 e. The predicted molar refractivity (Wildman–Crippen MR) is 83.7 cm³/mol. The third-order valence-corrected chi connectivity index (χ3v) is 4.40. The summed E-state index contributed by atoms with van der Waals surface area (Å²) in [5.74, 6) is 0.189. The van der Waals surface area contributed by atoms with Crippen LogP contribution in [0.2, 0.25) is 0 Å². The number of nitrogens with one attached hydrogen (secondary N) is 3. The first kappa shape index (κ1) is 16.0. The molecule has 0 aromatic heterocycles. The zero-order valence-electron chi connectivity index (χ0n) is 12.1. The highest BCUT2D eigenvalue weighted by atomic mass is 79.9. The third kappa shape index (κ3) is 4.82. The fourth-order valence-electron chi connectivity index (χ4n) is 2.67. The number of carbonyl (C=O) groups excluding carboxylic acids is 2. The van der Waals surface area contributed by atoms with Gasteiger partial charge in [0.1, 0.15) is 0 Å². The van der Waals surface area contributed by atoms with Crippen LogP contribution in [0.3, 0.4) is 0 Å². The van der Waals surface area contributed by atoms with Crippen LogP contribution in [0.5, 0.6) is 0 Å². The van der Waals surface area contributed by atoms with Crippen LogP contribution < -0.4 is 15.8 Å². The highest BCUT2D eigenvalue weighted by molar-refractivity contribution is 9.10. The van der Waals surface area contributed by atoms with E-state index in [0.29, 0.717) is 22.5 Å². The number of hydrogen-bond acceptors (Lipinski definition) is 2. The standard InChI is InChI=1S/C15H20BrN3O2/c1-11-5-4-8-19(9-11)10-14(20)17-18-15(21)12-6-2-3-7-13(12)16/h2-3,6-7,11H,4-5,8-10H2,1H3,(H,17,20)(H,18,21)/p+1/t11-/m1/s1. The Morgan fingerprint density at radius 1 is 1.33 bits per heavy atom. The second-order valence-electron chi connectivity index (χ2n) is 5.61. The summed E-state index contributed by atoms with van der Waals surface area (Å²) < 4.78 is 0.701. The monoisotopic (exact) mass is 354 g/mol. The van der Waals surface area contributed by atoms with E-state index in [9.17, 15) is 9.59 Å². The van der Waals surface area contributed by atoms with Crippen LogP contribution in [-0.2, 0) is 4.79 Å². The van der Waals surface area contributed by atoms with Gasteiger partial charge in [0.05, 0.1) is 18.7 Å². The minimum absolute atomic E-state index is 0.153. The maximum Gasteiger partial charge on any atom is 0.293 e. The number of rotatable bonds is 3. The topological polar surface area (TPSA) is 62.6 Å². The number of carbonyl (C=O) groups is 2. The summed E-state index contributed by atoms with van der Waals surface area (Å²) in [5.41, 5.74) is 5.45. The van der Waals surface area contributed by atoms with Gasteiger partial charge in [-0.1, -0.05) is 19.1 Å². The molecule has 1 aromatic carbocycles. The Bertz CT molecular complexity index is 521. The van der Waals surface area contributed by atoms with Gasteiger partial charge in [-0.05, 0) is 40.9 Å². The molecule has 0 radical (unpaired) electrons. The van der Waals surface area contributed by atoms with Gasteiger partial charge in [-0.3, -0.25) is 20.4 Å². The fourth-order valence-corrected chi connectivity index (χ4v) is 3.13. The molecule has 1 fully saturated rings. The normalized spacial score (nSPS) is 21.6. The fraction of sp³-hybridized carbons (Fsp3) is 0.467. The second-order valence-corrected chi connectivity index (χ2v) is 6.46. The van der Waals surface area contributed by atoms with Crippen molar-refractivity contribution in [1.29, 1.82) is 0 Å². The number of halogens is 1. The Kier molecular flexibility index (Phi) is 5.76. The lowest BCUT2D eigenvalue weighted by atomic mass is 10.0. The third-order valence-electron chi connectivity index (χ3n) is 3.71. The Balaban J connectivity index is 1.78. The molecule has 1 aliphatic heterocycles. The molecule has 0 spiro atoms. The molecular formula is C15H21BrN3O2+. The molecule has 1 unspecified atom stereocenters. The number of likely N-dealkylation sites (tertiary alicyclic amines) is 1. The van der Waals surface area contributed by atoms with E-state index in [0.717, 1.165) is 19.5 Å². The summed E-state index contributed by atoms with van der Waals surface area (Å²) in [6.07, 6.45) is 2.40. The van der Waals surface area contributed by atoms with Gasteiger partial charge in [-0.25, -0.2) is 0 Å². The Labute approximate surface area is 133 Å². The van der Waals surface area contributed by atoms with Crippen molar-refractivity contribution in [3.8, 4) is 0 Å². The molecular weight excluding hydrogens is 334 g/mol. The zero-order chi connectivity index (χ0) is 15.2. The maximum absolute atomic E-state index is 12.0. The molecule has 2 atom stereocenters. The van der Waals surface area contributed by atoms with Gasteiger partial charge < -0.3 is 4.90 Å². The van der Waals surface area contributed by atoms with Crippen molar-refractivity contribution in [2.45, 2.75) is 19.8 Å². The number of hydrazine groups is 1. The first-order valence-electron chi connectivity index (χ1n) is 7.23. The molecule has 2 rings (SSSR count). The zero-order valence-corrected chi connectivity index (χ0v) is 13.7. The van der Waals surface area contributed by atoms with E-state index in [1.165, 1.54) is 11.3 Å². The maximum atomic E-state index is 12.0. The highest BCUT2D eigenvalue weighted by Crippen LogP contribution is 2.15. The van der Waals surface area contributed by atoms with Gasteiger partial charge in [-0.15, -0.1) is 0 Å². The van der Waals surface area contributed by atoms with Crippen LogP contribution in [0.15, 0.2) is 28.7 Å². The van der Waals surface area contributed by atoms with Crippen LogP contribution in [0.1, 0.15) is 30.1 Å². The predicted octanol–water partition coefficient (Wildman–Crippen LogP) is 0.525. The summed E-state index contributed by atoms with van der Waals surface area (Å²) in [6, 6.07) is 7.10. The van der Waals surface area contributed by atoms with E-state index in [1.807, 2.05) is 6.07 Å². The van der Waals surface area contributed by atoms with E-state index in [4.69, 9.17) is 0 Å². The van der Waals surface area contributed by atoms with Gasteiger partial charge in [-0.2, -0.15) is 0 Å². The molecule has 21 heavy (non-hydrogen) atoms. The Hall–Kier alpha value is -1.40. The first-order chi connectivity index (χ1) is 10.1. The summed E-state index contributed by atoms with van der Waals surface area (Å²) >= 11 is 3.31. The van der Waals surface area contributed by atoms with Crippen LogP contribution in [0.25, 0.3) is 0 Å². The van der Waals surface area contributed by atoms with E-state index in [-0.39, 0.29) is 11.8 Å². The van der Waals surface area contributed by atoms with E-state index < -0.39 is 0 Å². The average Bonchev–Trinajstić information content (AvgIpc) is 2.45. The van der Waals surface area contributed by atoms with Crippen molar-refractivity contribution in [3.63, 3.8) is 0 Å². The van der Waals surface area contributed by atoms with Gasteiger partial charge in [0.25, 0.3) is 11.8 Å². The largest absolute Gasteiger partial charge is 0.327 e. The lowest BCUT2D eigenvalue weighted by molar-refractivity contribution is -0.900. The van der Waals surface area contributed by atoms with Gasteiger partial charge in [0.2, 0.25) is 0 Å². The molecule has 2 amide bonds. The van der Waals surface area contributed by atoms with Gasteiger partial charge in [0.15, 0.2) is 6.54 Å². The number of hydrogen-bond donors (Lipinski definition) is 3. The van der Waals surface area contributed by atoms with Crippen LogP contribution in [0, 0.1) is 5.92 Å². The second kappa shape index (κ2) is 7.56. The SMILES string of the molecule is C[C@@H]1CCC[NH+](CC(=O)NNC(=O)c2ccccc2Br)C1. The summed E-state index contributed by atoms with van der Waals surface area (Å²) in [7, 11) is 0. The number of benzene rings is 1. The lowest BCUT2D eigenvalue weighted by Gasteiger charge is -2.27. The van der Waals surface area contributed by atoms with Crippen molar-refractivity contribution in [2.75, 3.05) is 19.6 Å². The van der Waals surface area contributed by atoms with Crippen molar-refractivity contribution in [3.05, 3.63) is 34.3 Å². The Morgan fingerprint density at radius 2 is 2.10 bits per heavy atom. The smallest absolute Gasteiger partial charge is 0.293 e. The average molecular weight is 355 g/mol. The van der Waals surface area contributed by atoms with E-state index in [1.54, 1.807) is 18.2 Å². The van der Waals surface area contributed by atoms with Crippen LogP contribution in [0.4, 0.5) is 0 Å².